The van der Waals surface area contributed by atoms with Gasteiger partial charge in [0.1, 0.15) is 5.82 Å². The molecule has 1 aromatic carbocycles. The maximum absolute atomic E-state index is 14.2. The van der Waals surface area contributed by atoms with E-state index >= 15 is 0 Å². The van der Waals surface area contributed by atoms with Gasteiger partial charge in [-0.1, -0.05) is 0 Å². The lowest BCUT2D eigenvalue weighted by Gasteiger charge is -2.25. The van der Waals surface area contributed by atoms with E-state index in [1.165, 1.54) is 18.6 Å². The number of benzene rings is 1. The summed E-state index contributed by atoms with van der Waals surface area (Å²) in [4.78, 5) is 23.7. The SMILES string of the molecule is O=C1CCc2cc(C(=O)Nc3cnn(C4CCC4)c3)c(F)cc2N1. The van der Waals surface area contributed by atoms with Crippen molar-refractivity contribution in [3.8, 4) is 0 Å². The average Bonchev–Trinajstić information content (AvgIpc) is 2.92. The summed E-state index contributed by atoms with van der Waals surface area (Å²) >= 11 is 0. The third-order valence-electron chi connectivity index (χ3n) is 4.64. The first-order chi connectivity index (χ1) is 11.6. The van der Waals surface area contributed by atoms with Gasteiger partial charge in [-0.05, 0) is 43.4 Å². The zero-order valence-corrected chi connectivity index (χ0v) is 13.0. The number of carbonyl (C=O) groups excluding carboxylic acids is 2. The van der Waals surface area contributed by atoms with Crippen molar-refractivity contribution in [2.45, 2.75) is 38.1 Å². The van der Waals surface area contributed by atoms with E-state index in [1.54, 1.807) is 12.4 Å². The molecule has 1 aliphatic heterocycles. The number of carbonyl (C=O) groups is 2. The Morgan fingerprint density at radius 3 is 2.92 bits per heavy atom. The zero-order chi connectivity index (χ0) is 16.7. The molecule has 0 unspecified atom stereocenters. The van der Waals surface area contributed by atoms with Crippen LogP contribution in [0.2, 0.25) is 0 Å². The van der Waals surface area contributed by atoms with Crippen LogP contribution in [0, 0.1) is 5.82 Å². The van der Waals surface area contributed by atoms with Crippen LogP contribution in [0.5, 0.6) is 0 Å². The third-order valence-corrected chi connectivity index (χ3v) is 4.64. The first kappa shape index (κ1) is 14.9. The Labute approximate surface area is 138 Å². The van der Waals surface area contributed by atoms with Gasteiger partial charge in [-0.25, -0.2) is 4.39 Å². The Bertz CT molecular complexity index is 826. The van der Waals surface area contributed by atoms with Gasteiger partial charge >= 0.3 is 0 Å². The first-order valence-electron chi connectivity index (χ1n) is 8.08. The molecule has 1 saturated carbocycles. The Morgan fingerprint density at radius 2 is 2.17 bits per heavy atom. The molecule has 6 nitrogen and oxygen atoms in total. The molecule has 0 radical (unpaired) electrons. The molecule has 1 aromatic heterocycles. The molecule has 2 N–H and O–H groups in total. The maximum atomic E-state index is 14.2. The maximum Gasteiger partial charge on any atom is 0.258 e. The summed E-state index contributed by atoms with van der Waals surface area (Å²) in [5.74, 6) is -1.30. The minimum absolute atomic E-state index is 0.0266. The van der Waals surface area contributed by atoms with Crippen LogP contribution in [0.15, 0.2) is 24.5 Å². The van der Waals surface area contributed by atoms with E-state index in [2.05, 4.69) is 15.7 Å². The molecule has 0 bridgehead atoms. The van der Waals surface area contributed by atoms with Crippen molar-refractivity contribution in [3.63, 3.8) is 0 Å². The van der Waals surface area contributed by atoms with Crippen LogP contribution < -0.4 is 10.6 Å². The number of nitrogens with one attached hydrogen (secondary N) is 2. The van der Waals surface area contributed by atoms with E-state index in [0.717, 1.165) is 18.4 Å². The van der Waals surface area contributed by atoms with E-state index in [-0.39, 0.29) is 11.5 Å². The van der Waals surface area contributed by atoms with Crippen LogP contribution in [-0.4, -0.2) is 21.6 Å². The second kappa shape index (κ2) is 5.74. The Balaban J connectivity index is 1.53. The number of amides is 2. The highest BCUT2D eigenvalue weighted by Gasteiger charge is 2.22. The van der Waals surface area contributed by atoms with Crippen LogP contribution in [0.4, 0.5) is 15.8 Å². The Morgan fingerprint density at radius 1 is 1.33 bits per heavy atom. The lowest BCUT2D eigenvalue weighted by atomic mass is 9.93. The second-order valence-electron chi connectivity index (χ2n) is 6.29. The van der Waals surface area contributed by atoms with Gasteiger partial charge in [0, 0.05) is 18.3 Å². The van der Waals surface area contributed by atoms with Crippen molar-refractivity contribution in [1.82, 2.24) is 9.78 Å². The van der Waals surface area contributed by atoms with Gasteiger partial charge in [-0.3, -0.25) is 14.3 Å². The number of hydrogen-bond donors (Lipinski definition) is 2. The molecule has 2 heterocycles. The molecule has 7 heteroatoms. The molecule has 2 amide bonds. The van der Waals surface area contributed by atoms with Crippen molar-refractivity contribution in [1.29, 1.82) is 0 Å². The van der Waals surface area contributed by atoms with E-state index in [0.29, 0.717) is 30.3 Å². The Hall–Kier alpha value is -2.70. The number of halogens is 1. The van der Waals surface area contributed by atoms with Crippen molar-refractivity contribution >= 4 is 23.2 Å². The quantitative estimate of drug-likeness (QED) is 0.909. The van der Waals surface area contributed by atoms with Gasteiger partial charge < -0.3 is 10.6 Å². The number of nitrogens with zero attached hydrogens (tertiary/aromatic N) is 2. The molecule has 4 rings (SSSR count). The van der Waals surface area contributed by atoms with Crippen LogP contribution >= 0.6 is 0 Å². The van der Waals surface area contributed by atoms with Gasteiger partial charge in [0.05, 0.1) is 23.5 Å². The lowest BCUT2D eigenvalue weighted by Crippen LogP contribution is -2.21. The third kappa shape index (κ3) is 2.66. The summed E-state index contributed by atoms with van der Waals surface area (Å²) in [5.41, 5.74) is 1.74. The second-order valence-corrected chi connectivity index (χ2v) is 6.29. The molecule has 24 heavy (non-hydrogen) atoms. The highest BCUT2D eigenvalue weighted by molar-refractivity contribution is 6.05. The number of anilines is 2. The van der Waals surface area contributed by atoms with E-state index in [4.69, 9.17) is 0 Å². The van der Waals surface area contributed by atoms with Crippen molar-refractivity contribution in [2.24, 2.45) is 0 Å². The number of fused-ring (bicyclic) bond motifs is 1. The molecule has 2 aliphatic rings. The minimum atomic E-state index is -0.653. The molecule has 1 fully saturated rings. The fraction of sp³-hybridized carbons (Fsp3) is 0.353. The van der Waals surface area contributed by atoms with Crippen molar-refractivity contribution < 1.29 is 14.0 Å². The summed E-state index contributed by atoms with van der Waals surface area (Å²) in [6, 6.07) is 3.12. The van der Waals surface area contributed by atoms with Gasteiger partial charge in [0.25, 0.3) is 5.91 Å². The normalized spacial score (nSPS) is 17.0. The van der Waals surface area contributed by atoms with E-state index in [1.807, 2.05) is 4.68 Å². The predicted molar refractivity (Wildman–Crippen MR) is 86.4 cm³/mol. The van der Waals surface area contributed by atoms with Crippen molar-refractivity contribution in [2.75, 3.05) is 10.6 Å². The molecule has 2 aromatic rings. The summed E-state index contributed by atoms with van der Waals surface area (Å²) in [6.07, 6.45) is 7.59. The van der Waals surface area contributed by atoms with Crippen LogP contribution in [0.1, 0.15) is 47.6 Å². The number of aryl methyl sites for hydroxylation is 1. The predicted octanol–water partition coefficient (Wildman–Crippen LogP) is 2.88. The minimum Gasteiger partial charge on any atom is -0.326 e. The van der Waals surface area contributed by atoms with E-state index < -0.39 is 11.7 Å². The van der Waals surface area contributed by atoms with Crippen molar-refractivity contribution in [3.05, 3.63) is 41.5 Å². The smallest absolute Gasteiger partial charge is 0.258 e. The molecular formula is C17H17FN4O2. The number of hydrogen-bond acceptors (Lipinski definition) is 3. The molecule has 124 valence electrons. The molecule has 0 spiro atoms. The average molecular weight is 328 g/mol. The summed E-state index contributed by atoms with van der Waals surface area (Å²) < 4.78 is 16.1. The Kier molecular flexibility index (Phi) is 3.55. The first-order valence-corrected chi connectivity index (χ1v) is 8.08. The van der Waals surface area contributed by atoms with Crippen LogP contribution in [0.25, 0.3) is 0 Å². The van der Waals surface area contributed by atoms with Gasteiger partial charge in [-0.2, -0.15) is 5.10 Å². The highest BCUT2D eigenvalue weighted by Crippen LogP contribution is 2.31. The van der Waals surface area contributed by atoms with Gasteiger partial charge in [0.15, 0.2) is 0 Å². The highest BCUT2D eigenvalue weighted by atomic mass is 19.1. The lowest BCUT2D eigenvalue weighted by molar-refractivity contribution is -0.116. The van der Waals surface area contributed by atoms with Gasteiger partial charge in [0.2, 0.25) is 5.91 Å². The molecular weight excluding hydrogens is 311 g/mol. The summed E-state index contributed by atoms with van der Waals surface area (Å²) in [5, 5.41) is 9.56. The van der Waals surface area contributed by atoms with Crippen LogP contribution in [0.3, 0.4) is 0 Å². The zero-order valence-electron chi connectivity index (χ0n) is 13.0. The van der Waals surface area contributed by atoms with Crippen LogP contribution in [-0.2, 0) is 11.2 Å². The fourth-order valence-corrected chi connectivity index (χ4v) is 3.03. The molecule has 1 aliphatic carbocycles. The van der Waals surface area contributed by atoms with Gasteiger partial charge in [-0.15, -0.1) is 0 Å². The topological polar surface area (TPSA) is 76.0 Å². The fourth-order valence-electron chi connectivity index (χ4n) is 3.03. The summed E-state index contributed by atoms with van der Waals surface area (Å²) in [7, 11) is 0. The molecule has 0 saturated heterocycles. The number of rotatable bonds is 3. The standard InChI is InChI=1S/C17H17FN4O2/c18-14-7-15-10(4-5-16(23)21-15)6-13(14)17(24)20-11-8-19-22(9-11)12-2-1-3-12/h6-9,12H,1-5H2,(H,20,24)(H,21,23). The van der Waals surface area contributed by atoms with E-state index in [9.17, 15) is 14.0 Å². The summed E-state index contributed by atoms with van der Waals surface area (Å²) in [6.45, 7) is 0. The largest absolute Gasteiger partial charge is 0.326 e. The molecule has 0 atom stereocenters. The number of aromatic nitrogens is 2. The monoisotopic (exact) mass is 328 g/mol.